The first-order valence-electron chi connectivity index (χ1n) is 8.15. The quantitative estimate of drug-likeness (QED) is 0.829. The Morgan fingerprint density at radius 1 is 1.11 bits per heavy atom. The average molecular weight is 395 g/mol. The second-order valence-corrected chi connectivity index (χ2v) is 8.01. The van der Waals surface area contributed by atoms with E-state index in [-0.39, 0.29) is 48.5 Å². The lowest BCUT2D eigenvalue weighted by Crippen LogP contribution is -2.50. The van der Waals surface area contributed by atoms with E-state index in [2.05, 4.69) is 0 Å². The van der Waals surface area contributed by atoms with Gasteiger partial charge in [-0.1, -0.05) is 6.07 Å². The molecule has 0 aliphatic carbocycles. The Kier molecular flexibility index (Phi) is 5.03. The Bertz CT molecular complexity index is 994. The predicted octanol–water partition coefficient (Wildman–Crippen LogP) is 0.973. The lowest BCUT2D eigenvalue weighted by atomic mass is 10.1. The summed E-state index contributed by atoms with van der Waals surface area (Å²) in [6.45, 7) is 2.11. The van der Waals surface area contributed by atoms with Gasteiger partial charge >= 0.3 is 0 Å². The molecule has 0 radical (unpaired) electrons. The van der Waals surface area contributed by atoms with Crippen LogP contribution >= 0.6 is 0 Å². The zero-order valence-electron chi connectivity index (χ0n) is 14.5. The van der Waals surface area contributed by atoms with E-state index in [1.807, 2.05) is 0 Å². The first-order chi connectivity index (χ1) is 12.7. The Hall–Kier alpha value is -2.72. The number of piperazine rings is 1. The second-order valence-electron chi connectivity index (χ2n) is 6.14. The molecule has 1 aromatic carbocycles. The zero-order valence-corrected chi connectivity index (χ0v) is 15.3. The van der Waals surface area contributed by atoms with Crippen molar-refractivity contribution in [2.24, 2.45) is 5.73 Å². The number of benzene rings is 1. The summed E-state index contributed by atoms with van der Waals surface area (Å²) in [5, 5.41) is -0.378. The number of halogens is 1. The van der Waals surface area contributed by atoms with Crippen molar-refractivity contribution in [2.45, 2.75) is 12.0 Å². The van der Waals surface area contributed by atoms with Gasteiger partial charge in [-0.15, -0.1) is 0 Å². The fraction of sp³-hybridized carbons (Fsp3) is 0.294. The van der Waals surface area contributed by atoms with Crippen LogP contribution in [-0.2, 0) is 10.0 Å². The number of primary amides is 1. The molecule has 0 unspecified atom stereocenters. The van der Waals surface area contributed by atoms with Gasteiger partial charge in [0, 0.05) is 31.7 Å². The van der Waals surface area contributed by atoms with Crippen LogP contribution < -0.4 is 5.73 Å². The highest BCUT2D eigenvalue weighted by atomic mass is 32.2. The molecule has 1 aliphatic rings. The van der Waals surface area contributed by atoms with E-state index in [1.165, 1.54) is 39.5 Å². The SMILES string of the molecule is Cc1ccc(F)cc1C(=O)N1CCN(S(=O)(=O)c2ccc(C(N)=O)o2)CC1. The van der Waals surface area contributed by atoms with Crippen molar-refractivity contribution in [1.29, 1.82) is 0 Å². The van der Waals surface area contributed by atoms with E-state index in [9.17, 15) is 22.4 Å². The van der Waals surface area contributed by atoms with Crippen molar-refractivity contribution >= 4 is 21.8 Å². The minimum atomic E-state index is -3.94. The van der Waals surface area contributed by atoms with Gasteiger partial charge in [0.1, 0.15) is 5.82 Å². The number of hydrogen-bond acceptors (Lipinski definition) is 5. The Morgan fingerprint density at radius 2 is 1.78 bits per heavy atom. The smallest absolute Gasteiger partial charge is 0.284 e. The van der Waals surface area contributed by atoms with Gasteiger partial charge < -0.3 is 15.1 Å². The molecule has 2 aromatic rings. The van der Waals surface area contributed by atoms with Crippen LogP contribution in [-0.4, -0.2) is 55.6 Å². The molecule has 0 bridgehead atoms. The van der Waals surface area contributed by atoms with Crippen molar-refractivity contribution in [3.8, 4) is 0 Å². The number of furan rings is 1. The van der Waals surface area contributed by atoms with Crippen LogP contribution in [0.5, 0.6) is 0 Å². The van der Waals surface area contributed by atoms with Crippen LogP contribution in [0.4, 0.5) is 4.39 Å². The summed E-state index contributed by atoms with van der Waals surface area (Å²) in [4.78, 5) is 25.1. The van der Waals surface area contributed by atoms with Gasteiger partial charge in [-0.2, -0.15) is 4.31 Å². The minimum absolute atomic E-state index is 0.0506. The maximum absolute atomic E-state index is 13.4. The van der Waals surface area contributed by atoms with Crippen molar-refractivity contribution in [3.63, 3.8) is 0 Å². The molecule has 27 heavy (non-hydrogen) atoms. The highest BCUT2D eigenvalue weighted by molar-refractivity contribution is 7.89. The zero-order chi connectivity index (χ0) is 19.8. The molecule has 144 valence electrons. The topological polar surface area (TPSA) is 114 Å². The summed E-state index contributed by atoms with van der Waals surface area (Å²) >= 11 is 0. The average Bonchev–Trinajstić information content (AvgIpc) is 3.14. The third kappa shape index (κ3) is 3.71. The lowest BCUT2D eigenvalue weighted by Gasteiger charge is -2.33. The summed E-state index contributed by atoms with van der Waals surface area (Å²) in [6.07, 6.45) is 0. The third-order valence-electron chi connectivity index (χ3n) is 4.37. The maximum Gasteiger partial charge on any atom is 0.284 e. The molecule has 0 atom stereocenters. The highest BCUT2D eigenvalue weighted by Gasteiger charge is 2.33. The molecule has 3 rings (SSSR count). The van der Waals surface area contributed by atoms with Crippen LogP contribution in [0.25, 0.3) is 0 Å². The van der Waals surface area contributed by atoms with Crippen molar-refractivity contribution in [2.75, 3.05) is 26.2 Å². The molecule has 1 aliphatic heterocycles. The van der Waals surface area contributed by atoms with Gasteiger partial charge in [0.25, 0.3) is 21.8 Å². The summed E-state index contributed by atoms with van der Waals surface area (Å²) in [5.41, 5.74) is 5.96. The van der Waals surface area contributed by atoms with E-state index in [0.717, 1.165) is 0 Å². The molecule has 1 fully saturated rings. The normalized spacial score (nSPS) is 15.7. The van der Waals surface area contributed by atoms with Crippen LogP contribution in [0.3, 0.4) is 0 Å². The summed E-state index contributed by atoms with van der Waals surface area (Å²) in [7, 11) is -3.94. The number of sulfonamides is 1. The fourth-order valence-electron chi connectivity index (χ4n) is 2.84. The molecule has 0 saturated carbocycles. The van der Waals surface area contributed by atoms with Crippen molar-refractivity contribution < 1.29 is 26.8 Å². The molecule has 8 nitrogen and oxygen atoms in total. The Balaban J connectivity index is 1.71. The van der Waals surface area contributed by atoms with Gasteiger partial charge in [0.05, 0.1) is 0 Å². The number of hydrogen-bond donors (Lipinski definition) is 1. The van der Waals surface area contributed by atoms with Crippen LogP contribution in [0.1, 0.15) is 26.5 Å². The first-order valence-corrected chi connectivity index (χ1v) is 9.59. The Morgan fingerprint density at radius 3 is 2.37 bits per heavy atom. The lowest BCUT2D eigenvalue weighted by molar-refractivity contribution is 0.0695. The highest BCUT2D eigenvalue weighted by Crippen LogP contribution is 2.21. The van der Waals surface area contributed by atoms with E-state index < -0.39 is 21.7 Å². The number of carbonyl (C=O) groups is 2. The van der Waals surface area contributed by atoms with Crippen LogP contribution in [0, 0.1) is 12.7 Å². The Labute approximate surface area is 155 Å². The first kappa shape index (κ1) is 19.1. The van der Waals surface area contributed by atoms with Gasteiger partial charge in [-0.25, -0.2) is 12.8 Å². The number of nitrogens with zero attached hydrogens (tertiary/aromatic N) is 2. The molecule has 1 saturated heterocycles. The van der Waals surface area contributed by atoms with E-state index in [4.69, 9.17) is 10.2 Å². The fourth-order valence-corrected chi connectivity index (χ4v) is 4.18. The summed E-state index contributed by atoms with van der Waals surface area (Å²) < 4.78 is 44.8. The second kappa shape index (κ2) is 7.12. The van der Waals surface area contributed by atoms with E-state index in [0.29, 0.717) is 5.56 Å². The van der Waals surface area contributed by atoms with E-state index in [1.54, 1.807) is 6.92 Å². The minimum Gasteiger partial charge on any atom is -0.438 e. The third-order valence-corrected chi connectivity index (χ3v) is 6.15. The van der Waals surface area contributed by atoms with Gasteiger partial charge in [0.15, 0.2) is 5.76 Å². The predicted molar refractivity (Wildman–Crippen MR) is 93.0 cm³/mol. The molecule has 2 N–H and O–H groups in total. The van der Waals surface area contributed by atoms with Crippen LogP contribution in [0.2, 0.25) is 0 Å². The number of amides is 2. The molecular formula is C17H18FN3O5S. The molecule has 0 spiro atoms. The van der Waals surface area contributed by atoms with Crippen LogP contribution in [0.15, 0.2) is 39.8 Å². The summed E-state index contributed by atoms with van der Waals surface area (Å²) in [5.74, 6) is -1.97. The number of nitrogens with two attached hydrogens (primary N) is 1. The summed E-state index contributed by atoms with van der Waals surface area (Å²) in [6, 6.07) is 6.34. The van der Waals surface area contributed by atoms with Gasteiger partial charge in [0.2, 0.25) is 5.09 Å². The van der Waals surface area contributed by atoms with E-state index >= 15 is 0 Å². The van der Waals surface area contributed by atoms with Gasteiger partial charge in [-0.3, -0.25) is 9.59 Å². The molecular weight excluding hydrogens is 377 g/mol. The molecule has 10 heteroatoms. The molecule has 1 aromatic heterocycles. The molecule has 2 heterocycles. The number of aryl methyl sites for hydroxylation is 1. The van der Waals surface area contributed by atoms with Crippen molar-refractivity contribution in [1.82, 2.24) is 9.21 Å². The number of rotatable bonds is 4. The number of carbonyl (C=O) groups excluding carboxylic acids is 2. The monoisotopic (exact) mass is 395 g/mol. The van der Waals surface area contributed by atoms with Gasteiger partial charge in [-0.05, 0) is 36.8 Å². The standard InChI is InChI=1S/C17H18FN3O5S/c1-11-2-3-12(18)10-13(11)17(23)20-6-8-21(9-7-20)27(24,25)15-5-4-14(26-15)16(19)22/h2-5,10H,6-9H2,1H3,(H2,19,22). The molecule has 2 amide bonds. The maximum atomic E-state index is 13.4. The van der Waals surface area contributed by atoms with Crippen molar-refractivity contribution in [3.05, 3.63) is 53.0 Å². The largest absolute Gasteiger partial charge is 0.438 e.